The number of rotatable bonds is 12. The fourth-order valence-corrected chi connectivity index (χ4v) is 7.82. The van der Waals surface area contributed by atoms with Crippen molar-refractivity contribution in [3.8, 4) is 22.3 Å². The van der Waals surface area contributed by atoms with Crippen LogP contribution >= 0.6 is 66.1 Å². The summed E-state index contributed by atoms with van der Waals surface area (Å²) >= 11 is 10.6. The van der Waals surface area contributed by atoms with Gasteiger partial charge in [-0.15, -0.1) is 27.8 Å². The van der Waals surface area contributed by atoms with E-state index in [1.807, 2.05) is 0 Å². The van der Waals surface area contributed by atoms with E-state index in [2.05, 4.69) is 55.3 Å². The molecule has 0 saturated heterocycles. The number of hydrogen-bond donors (Lipinski definition) is 0. The van der Waals surface area contributed by atoms with Gasteiger partial charge in [-0.2, -0.15) is 0 Å². The van der Waals surface area contributed by atoms with E-state index in [-0.39, 0.29) is 27.4 Å². The number of aromatic nitrogens is 2. The summed E-state index contributed by atoms with van der Waals surface area (Å²) in [6.45, 7) is 4.29. The van der Waals surface area contributed by atoms with E-state index >= 15 is 8.78 Å². The van der Waals surface area contributed by atoms with Crippen LogP contribution in [0, 0.1) is 11.6 Å². The molecular formula is C26H28Br2F2N2S3. The molecule has 188 valence electrons. The molecular weight excluding hydrogens is 634 g/mol. The zero-order valence-electron chi connectivity index (χ0n) is 21.7. The Morgan fingerprint density at radius 1 is 0.800 bits per heavy atom. The predicted octanol–water partition coefficient (Wildman–Crippen LogP) is 11.2. The van der Waals surface area contributed by atoms with Gasteiger partial charge in [0.15, 0.2) is 11.6 Å². The van der Waals surface area contributed by atoms with E-state index in [0.717, 1.165) is 81.6 Å². The highest BCUT2D eigenvalue weighted by atomic mass is 79.9. The van der Waals surface area contributed by atoms with Crippen LogP contribution in [-0.4, -0.2) is 9.59 Å². The number of fused-ring (bicyclic) bond motifs is 1. The van der Waals surface area contributed by atoms with Crippen LogP contribution in [0.4, 0.5) is 8.78 Å². The molecule has 4 rings (SSSR count). The van der Waals surface area contributed by atoms with Crippen molar-refractivity contribution >= 4 is 76.3 Å². The molecule has 0 atom stereocenters. The van der Waals surface area contributed by atoms with Gasteiger partial charge in [0.2, 0.25) is 0 Å². The van der Waals surface area contributed by atoms with Crippen molar-refractivity contribution in [2.75, 3.05) is 0 Å². The van der Waals surface area contributed by atoms with Crippen LogP contribution in [0.25, 0.3) is 32.5 Å². The summed E-state index contributed by atoms with van der Waals surface area (Å²) in [5.74, 6) is -2.02. The molecule has 35 heavy (non-hydrogen) atoms. The van der Waals surface area contributed by atoms with Gasteiger partial charge in [-0.3, -0.25) is 0 Å². The van der Waals surface area contributed by atoms with Crippen molar-refractivity contribution in [3.63, 3.8) is 0 Å². The molecule has 3 heterocycles. The van der Waals surface area contributed by atoms with Crippen LogP contribution in [-0.2, 0) is 12.8 Å². The third kappa shape index (κ3) is 5.74. The molecule has 0 bridgehead atoms. The van der Waals surface area contributed by atoms with Gasteiger partial charge in [0.05, 0.1) is 20.6 Å². The van der Waals surface area contributed by atoms with Gasteiger partial charge in [0.25, 0.3) is 0 Å². The van der Waals surface area contributed by atoms with E-state index in [0.29, 0.717) is 28.7 Å². The van der Waals surface area contributed by atoms with Crippen LogP contribution in [0.3, 0.4) is 0 Å². The number of thiophene rings is 2. The molecule has 0 aliphatic heterocycles. The van der Waals surface area contributed by atoms with E-state index in [1.54, 1.807) is 0 Å². The maximum atomic E-state index is 16.1. The SMILES string of the molecule is [2H]c1sc(Br)c(CCCCCC)c1-c1c(F)c(F)c(-c2c([2H])sc(Br)c2CCCCCC)c2snnc12. The summed E-state index contributed by atoms with van der Waals surface area (Å²) in [4.78, 5) is 0. The number of nitrogens with zero attached hydrogens (tertiary/aromatic N) is 2. The van der Waals surface area contributed by atoms with Crippen molar-refractivity contribution < 1.29 is 11.5 Å². The number of unbranched alkanes of at least 4 members (excludes halogenated alkanes) is 6. The highest BCUT2D eigenvalue weighted by molar-refractivity contribution is 9.11. The van der Waals surface area contributed by atoms with Gasteiger partial charge < -0.3 is 0 Å². The summed E-state index contributed by atoms with van der Waals surface area (Å²) in [5, 5.41) is 4.60. The first kappa shape index (κ1) is 24.6. The molecule has 4 aromatic rings. The Hall–Kier alpha value is -0.740. The topological polar surface area (TPSA) is 25.8 Å². The van der Waals surface area contributed by atoms with Gasteiger partial charge in [0.1, 0.15) is 5.52 Å². The fourth-order valence-electron chi connectivity index (χ4n) is 4.33. The lowest BCUT2D eigenvalue weighted by atomic mass is 9.94. The first-order valence-corrected chi connectivity index (χ1v) is 16.0. The molecule has 0 aliphatic carbocycles. The lowest BCUT2D eigenvalue weighted by Gasteiger charge is -2.13. The Morgan fingerprint density at radius 2 is 1.31 bits per heavy atom. The minimum Gasteiger partial charge on any atom is -0.203 e. The van der Waals surface area contributed by atoms with Crippen LogP contribution < -0.4 is 0 Å². The molecule has 0 saturated carbocycles. The van der Waals surface area contributed by atoms with Gasteiger partial charge in [-0.25, -0.2) is 8.78 Å². The molecule has 9 heteroatoms. The van der Waals surface area contributed by atoms with E-state index in [1.165, 1.54) is 22.7 Å². The molecule has 1 aromatic carbocycles. The molecule has 3 aromatic heterocycles. The Bertz CT molecular complexity index is 1300. The maximum absolute atomic E-state index is 16.1. The molecule has 0 radical (unpaired) electrons. The quantitative estimate of drug-likeness (QED) is 0.141. The predicted molar refractivity (Wildman–Crippen MR) is 155 cm³/mol. The van der Waals surface area contributed by atoms with Crippen LogP contribution in [0.2, 0.25) is 0 Å². The van der Waals surface area contributed by atoms with Crippen molar-refractivity contribution in [2.45, 2.75) is 78.1 Å². The minimum absolute atomic E-state index is 0.00719. The molecule has 0 N–H and O–H groups in total. The first-order chi connectivity index (χ1) is 17.8. The minimum atomic E-state index is -1.03. The third-order valence-electron chi connectivity index (χ3n) is 6.21. The normalized spacial score (nSPS) is 12.5. The lowest BCUT2D eigenvalue weighted by Crippen LogP contribution is -1.99. The fraction of sp³-hybridized carbons (Fsp3) is 0.462. The lowest BCUT2D eigenvalue weighted by molar-refractivity contribution is 0.515. The van der Waals surface area contributed by atoms with Gasteiger partial charge in [-0.05, 0) is 80.2 Å². The molecule has 0 unspecified atom stereocenters. The second kappa shape index (κ2) is 12.7. The molecule has 0 fully saturated rings. The van der Waals surface area contributed by atoms with E-state index in [4.69, 9.17) is 2.74 Å². The number of benzene rings is 1. The second-order valence-electron chi connectivity index (χ2n) is 8.61. The molecule has 0 aliphatic rings. The highest BCUT2D eigenvalue weighted by Crippen LogP contribution is 2.47. The summed E-state index contributed by atoms with van der Waals surface area (Å²) in [6.07, 6.45) is 9.67. The van der Waals surface area contributed by atoms with Crippen LogP contribution in [0.15, 0.2) is 18.3 Å². The van der Waals surface area contributed by atoms with Gasteiger partial charge in [-0.1, -0.05) is 56.9 Å². The van der Waals surface area contributed by atoms with Gasteiger partial charge >= 0.3 is 0 Å². The zero-order chi connectivity index (χ0) is 26.7. The van der Waals surface area contributed by atoms with E-state index < -0.39 is 11.6 Å². The van der Waals surface area contributed by atoms with Crippen molar-refractivity contribution in [1.82, 2.24) is 9.59 Å². The standard InChI is InChI=1S/C26H28Br2F2N2S3/c1-3-5-7-9-11-15-17(13-33-25(15)27)19-21(29)22(30)20(24-23(19)31-32-35-24)18-14-34-26(28)16(18)12-10-8-6-4-2/h13-14H,3-12H2,1-2H3/i13D,14D. The van der Waals surface area contributed by atoms with E-state index in [9.17, 15) is 0 Å². The summed E-state index contributed by atoms with van der Waals surface area (Å²) < 4.78 is 55.4. The summed E-state index contributed by atoms with van der Waals surface area (Å²) in [5.41, 5.74) is 2.80. The van der Waals surface area contributed by atoms with Crippen LogP contribution in [0.5, 0.6) is 0 Å². The molecule has 0 amide bonds. The molecule has 0 spiro atoms. The number of halogens is 4. The Balaban J connectivity index is 1.88. The van der Waals surface area contributed by atoms with Crippen molar-refractivity contribution in [1.29, 1.82) is 0 Å². The average molecular weight is 665 g/mol. The Labute approximate surface area is 237 Å². The van der Waals surface area contributed by atoms with Crippen molar-refractivity contribution in [3.05, 3.63) is 41.0 Å². The van der Waals surface area contributed by atoms with Crippen LogP contribution in [0.1, 0.15) is 79.1 Å². The average Bonchev–Trinajstić information content (AvgIpc) is 3.52. The van der Waals surface area contributed by atoms with Gasteiger partial charge in [0, 0.05) is 27.4 Å². The Morgan fingerprint density at radius 3 is 1.86 bits per heavy atom. The first-order valence-electron chi connectivity index (χ1n) is 13.0. The summed E-state index contributed by atoms with van der Waals surface area (Å²) in [7, 11) is 0. The molecule has 2 nitrogen and oxygen atoms in total. The van der Waals surface area contributed by atoms with Crippen molar-refractivity contribution in [2.24, 2.45) is 0 Å². The zero-order valence-corrected chi connectivity index (χ0v) is 25.3. The summed E-state index contributed by atoms with van der Waals surface area (Å²) in [6, 6.07) is 0. The monoisotopic (exact) mass is 662 g/mol. The Kier molecular flexibility index (Phi) is 8.90. The third-order valence-corrected chi connectivity index (χ3v) is 10.3. The largest absolute Gasteiger partial charge is 0.203 e. The highest BCUT2D eigenvalue weighted by Gasteiger charge is 2.29. The maximum Gasteiger partial charge on any atom is 0.169 e. The number of hydrogen-bond acceptors (Lipinski definition) is 5. The smallest absolute Gasteiger partial charge is 0.169 e. The second-order valence-corrected chi connectivity index (χ2v) is 13.6.